The van der Waals surface area contributed by atoms with Gasteiger partial charge in [-0.15, -0.1) is 0 Å². The lowest BCUT2D eigenvalue weighted by Crippen LogP contribution is -2.47. The number of benzene rings is 2. The summed E-state index contributed by atoms with van der Waals surface area (Å²) < 4.78 is 0. The number of hydrogen-bond acceptors (Lipinski definition) is 3. The second kappa shape index (κ2) is 8.82. The molecule has 1 aromatic heterocycles. The minimum Gasteiger partial charge on any atom is -0.361 e. The number of likely N-dealkylation sites (tertiary alicyclic amines) is 1. The molecular formula is C23H24N4O3. The molecular weight excluding hydrogens is 380 g/mol. The first-order valence-corrected chi connectivity index (χ1v) is 10.1. The molecule has 1 aliphatic heterocycles. The van der Waals surface area contributed by atoms with E-state index in [1.54, 1.807) is 29.2 Å². The van der Waals surface area contributed by atoms with Crippen LogP contribution in [0.3, 0.4) is 0 Å². The van der Waals surface area contributed by atoms with Crippen LogP contribution in [0.1, 0.15) is 23.2 Å². The molecule has 1 unspecified atom stereocenters. The molecule has 0 spiro atoms. The molecule has 3 aromatic rings. The van der Waals surface area contributed by atoms with Crippen LogP contribution in [0.2, 0.25) is 0 Å². The summed E-state index contributed by atoms with van der Waals surface area (Å²) in [6, 6.07) is 16.5. The highest BCUT2D eigenvalue weighted by atomic mass is 16.2. The number of aromatic amines is 1. The Balaban J connectivity index is 1.31. The molecule has 30 heavy (non-hydrogen) atoms. The van der Waals surface area contributed by atoms with Gasteiger partial charge < -0.3 is 20.5 Å². The summed E-state index contributed by atoms with van der Waals surface area (Å²) in [5.41, 5.74) is 2.27. The van der Waals surface area contributed by atoms with Crippen LogP contribution >= 0.6 is 0 Å². The number of carbonyl (C=O) groups excluding carboxylic acids is 3. The van der Waals surface area contributed by atoms with Crippen LogP contribution in [0.4, 0.5) is 5.69 Å². The van der Waals surface area contributed by atoms with E-state index in [9.17, 15) is 14.4 Å². The van der Waals surface area contributed by atoms with E-state index < -0.39 is 0 Å². The number of carbonyl (C=O) groups is 3. The zero-order chi connectivity index (χ0) is 20.9. The van der Waals surface area contributed by atoms with Gasteiger partial charge in [-0.05, 0) is 49.2 Å². The summed E-state index contributed by atoms with van der Waals surface area (Å²) in [4.78, 5) is 42.2. The van der Waals surface area contributed by atoms with Crippen LogP contribution in [0.15, 0.2) is 60.8 Å². The number of amides is 3. The van der Waals surface area contributed by atoms with E-state index in [1.807, 2.05) is 36.5 Å². The molecule has 1 saturated heterocycles. The van der Waals surface area contributed by atoms with Gasteiger partial charge in [-0.3, -0.25) is 14.4 Å². The van der Waals surface area contributed by atoms with Gasteiger partial charge in [0.05, 0.1) is 12.5 Å². The van der Waals surface area contributed by atoms with Crippen LogP contribution in [0.5, 0.6) is 0 Å². The van der Waals surface area contributed by atoms with Crippen LogP contribution in [0.25, 0.3) is 10.9 Å². The maximum Gasteiger partial charge on any atom is 0.251 e. The maximum absolute atomic E-state index is 12.7. The van der Waals surface area contributed by atoms with E-state index in [0.29, 0.717) is 18.7 Å². The van der Waals surface area contributed by atoms with Gasteiger partial charge in [0, 0.05) is 41.4 Å². The van der Waals surface area contributed by atoms with Gasteiger partial charge in [-0.1, -0.05) is 18.2 Å². The number of piperidine rings is 1. The second-order valence-corrected chi connectivity index (χ2v) is 7.50. The molecule has 154 valence electrons. The van der Waals surface area contributed by atoms with Crippen molar-refractivity contribution in [3.63, 3.8) is 0 Å². The Labute approximate surface area is 174 Å². The molecule has 2 aromatic carbocycles. The summed E-state index contributed by atoms with van der Waals surface area (Å²) in [7, 11) is 0. The van der Waals surface area contributed by atoms with Crippen molar-refractivity contribution in [2.45, 2.75) is 12.8 Å². The minimum atomic E-state index is -0.282. The largest absolute Gasteiger partial charge is 0.361 e. The number of nitrogens with zero attached hydrogens (tertiary/aromatic N) is 1. The second-order valence-electron chi connectivity index (χ2n) is 7.50. The van der Waals surface area contributed by atoms with Crippen molar-refractivity contribution < 1.29 is 14.4 Å². The van der Waals surface area contributed by atoms with Gasteiger partial charge in [0.15, 0.2) is 0 Å². The Morgan fingerprint density at radius 1 is 1.07 bits per heavy atom. The number of hydrogen-bond donors (Lipinski definition) is 3. The molecule has 7 heteroatoms. The summed E-state index contributed by atoms with van der Waals surface area (Å²) in [6.45, 7) is 0.879. The smallest absolute Gasteiger partial charge is 0.251 e. The third kappa shape index (κ3) is 4.51. The SMILES string of the molecule is O=C(NCC(=O)N1CCCC(C(=O)Nc2ccc3[nH]ccc3c2)C1)c1ccccc1. The monoisotopic (exact) mass is 404 g/mol. The van der Waals surface area contributed by atoms with E-state index in [0.717, 1.165) is 29.4 Å². The first kappa shape index (κ1) is 19.7. The molecule has 3 amide bonds. The Kier molecular flexibility index (Phi) is 5.79. The molecule has 7 nitrogen and oxygen atoms in total. The lowest BCUT2D eigenvalue weighted by Gasteiger charge is -2.32. The Morgan fingerprint density at radius 3 is 2.73 bits per heavy atom. The lowest BCUT2D eigenvalue weighted by molar-refractivity contribution is -0.133. The van der Waals surface area contributed by atoms with Crippen LogP contribution < -0.4 is 10.6 Å². The lowest BCUT2D eigenvalue weighted by atomic mass is 9.97. The summed E-state index contributed by atoms with van der Waals surface area (Å²) in [5, 5.41) is 6.65. The highest BCUT2D eigenvalue weighted by molar-refractivity contribution is 5.97. The quantitative estimate of drug-likeness (QED) is 0.610. The van der Waals surface area contributed by atoms with Crippen LogP contribution in [-0.2, 0) is 9.59 Å². The number of fused-ring (bicyclic) bond motifs is 1. The van der Waals surface area contributed by atoms with Gasteiger partial charge in [0.2, 0.25) is 11.8 Å². The fourth-order valence-corrected chi connectivity index (χ4v) is 3.75. The normalized spacial score (nSPS) is 16.3. The molecule has 0 bridgehead atoms. The van der Waals surface area contributed by atoms with Gasteiger partial charge in [0.1, 0.15) is 0 Å². The van der Waals surface area contributed by atoms with Crippen LogP contribution in [-0.4, -0.2) is 47.2 Å². The third-order valence-corrected chi connectivity index (χ3v) is 5.40. The van der Waals surface area contributed by atoms with Gasteiger partial charge in [-0.25, -0.2) is 0 Å². The zero-order valence-corrected chi connectivity index (χ0v) is 16.6. The molecule has 1 fully saturated rings. The highest BCUT2D eigenvalue weighted by Gasteiger charge is 2.28. The van der Waals surface area contributed by atoms with Crippen molar-refractivity contribution in [2.75, 3.05) is 25.0 Å². The van der Waals surface area contributed by atoms with E-state index >= 15 is 0 Å². The summed E-state index contributed by atoms with van der Waals surface area (Å²) in [5.74, 6) is -0.814. The minimum absolute atomic E-state index is 0.0772. The zero-order valence-electron chi connectivity index (χ0n) is 16.6. The van der Waals surface area contributed by atoms with Crippen molar-refractivity contribution in [1.29, 1.82) is 0 Å². The number of anilines is 1. The molecule has 1 aliphatic rings. The van der Waals surface area contributed by atoms with E-state index in [2.05, 4.69) is 15.6 Å². The molecule has 3 N–H and O–H groups in total. The highest BCUT2D eigenvalue weighted by Crippen LogP contribution is 2.21. The number of aromatic nitrogens is 1. The van der Waals surface area contributed by atoms with Gasteiger partial charge in [-0.2, -0.15) is 0 Å². The third-order valence-electron chi connectivity index (χ3n) is 5.40. The van der Waals surface area contributed by atoms with Crippen molar-refractivity contribution in [3.05, 3.63) is 66.4 Å². The maximum atomic E-state index is 12.7. The predicted molar refractivity (Wildman–Crippen MR) is 115 cm³/mol. The van der Waals surface area contributed by atoms with Crippen molar-refractivity contribution in [1.82, 2.24) is 15.2 Å². The fraction of sp³-hybridized carbons (Fsp3) is 0.261. The number of nitrogens with one attached hydrogen (secondary N) is 3. The average Bonchev–Trinajstić information content (AvgIpc) is 3.26. The van der Waals surface area contributed by atoms with E-state index in [4.69, 9.17) is 0 Å². The molecule has 2 heterocycles. The molecule has 1 atom stereocenters. The van der Waals surface area contributed by atoms with Crippen LogP contribution in [0, 0.1) is 5.92 Å². The first-order valence-electron chi connectivity index (χ1n) is 10.1. The number of H-pyrrole nitrogens is 1. The molecule has 4 rings (SSSR count). The predicted octanol–water partition coefficient (Wildman–Crippen LogP) is 2.78. The number of rotatable bonds is 5. The molecule has 0 radical (unpaired) electrons. The van der Waals surface area contributed by atoms with E-state index in [-0.39, 0.29) is 30.2 Å². The fourth-order valence-electron chi connectivity index (χ4n) is 3.75. The average molecular weight is 404 g/mol. The molecule has 0 saturated carbocycles. The van der Waals surface area contributed by atoms with Crippen molar-refractivity contribution in [2.24, 2.45) is 5.92 Å². The first-order chi connectivity index (χ1) is 14.6. The van der Waals surface area contributed by atoms with E-state index in [1.165, 1.54) is 0 Å². The summed E-state index contributed by atoms with van der Waals surface area (Å²) >= 11 is 0. The van der Waals surface area contributed by atoms with Gasteiger partial charge in [0.25, 0.3) is 5.91 Å². The van der Waals surface area contributed by atoms with Crippen molar-refractivity contribution in [3.8, 4) is 0 Å². The van der Waals surface area contributed by atoms with Gasteiger partial charge >= 0.3 is 0 Å². The molecule has 0 aliphatic carbocycles. The Hall–Kier alpha value is -3.61. The standard InChI is InChI=1S/C23H24N4O3/c28-21(14-25-22(29)16-5-2-1-3-6-16)27-12-4-7-18(15-27)23(30)26-19-8-9-20-17(13-19)10-11-24-20/h1-3,5-6,8-11,13,18,24H,4,7,12,14-15H2,(H,25,29)(H,26,30). The Morgan fingerprint density at radius 2 is 1.90 bits per heavy atom. The topological polar surface area (TPSA) is 94.3 Å². The summed E-state index contributed by atoms with van der Waals surface area (Å²) in [6.07, 6.45) is 3.35. The Bertz CT molecular complexity index is 1060. The van der Waals surface area contributed by atoms with Crippen molar-refractivity contribution >= 4 is 34.3 Å².